The molecule has 1 aromatic rings. The van der Waals surface area contributed by atoms with Crippen molar-refractivity contribution in [1.29, 1.82) is 0 Å². The Labute approximate surface area is 112 Å². The van der Waals surface area contributed by atoms with Crippen molar-refractivity contribution in [2.75, 3.05) is 18.0 Å². The molecule has 0 radical (unpaired) electrons. The van der Waals surface area contributed by atoms with E-state index in [0.717, 1.165) is 11.3 Å². The van der Waals surface area contributed by atoms with Crippen LogP contribution in [0, 0.1) is 6.92 Å². The SMILES string of the molecule is Cc1ccccc1N1CCNC(=O)C1CCC(=O)O. The van der Waals surface area contributed by atoms with E-state index in [-0.39, 0.29) is 12.3 Å². The van der Waals surface area contributed by atoms with Gasteiger partial charge in [0.25, 0.3) is 0 Å². The molecule has 1 amide bonds. The van der Waals surface area contributed by atoms with Gasteiger partial charge in [-0.15, -0.1) is 0 Å². The zero-order chi connectivity index (χ0) is 13.8. The van der Waals surface area contributed by atoms with E-state index in [1.165, 1.54) is 0 Å². The number of carboxylic acids is 1. The minimum atomic E-state index is -0.872. The van der Waals surface area contributed by atoms with E-state index in [0.29, 0.717) is 19.5 Å². The summed E-state index contributed by atoms with van der Waals surface area (Å²) in [5, 5.41) is 11.6. The molecule has 0 aromatic heterocycles. The Hall–Kier alpha value is -2.04. The second kappa shape index (κ2) is 5.73. The number of hydrogen-bond donors (Lipinski definition) is 2. The topological polar surface area (TPSA) is 69.6 Å². The molecule has 19 heavy (non-hydrogen) atoms. The van der Waals surface area contributed by atoms with Crippen molar-refractivity contribution in [3.05, 3.63) is 29.8 Å². The summed E-state index contributed by atoms with van der Waals surface area (Å²) < 4.78 is 0. The summed E-state index contributed by atoms with van der Waals surface area (Å²) in [4.78, 5) is 24.7. The Balaban J connectivity index is 2.22. The van der Waals surface area contributed by atoms with Gasteiger partial charge in [0.15, 0.2) is 0 Å². The Kier molecular flexibility index (Phi) is 4.04. The number of piperazine rings is 1. The smallest absolute Gasteiger partial charge is 0.303 e. The first-order valence-corrected chi connectivity index (χ1v) is 6.41. The predicted molar refractivity (Wildman–Crippen MR) is 72.2 cm³/mol. The molecule has 1 saturated heterocycles. The van der Waals surface area contributed by atoms with Crippen molar-refractivity contribution >= 4 is 17.6 Å². The number of carbonyl (C=O) groups excluding carboxylic acids is 1. The molecule has 5 nitrogen and oxygen atoms in total. The lowest BCUT2D eigenvalue weighted by molar-refractivity contribution is -0.137. The number of carboxylic acid groups (broad SMARTS) is 1. The fraction of sp³-hybridized carbons (Fsp3) is 0.429. The maximum absolute atomic E-state index is 12.0. The number of aryl methyl sites for hydroxylation is 1. The molecule has 102 valence electrons. The van der Waals surface area contributed by atoms with Crippen LogP contribution in [0.5, 0.6) is 0 Å². The number of carbonyl (C=O) groups is 2. The maximum atomic E-state index is 12.0. The number of para-hydroxylation sites is 1. The second-order valence-corrected chi connectivity index (χ2v) is 4.72. The summed E-state index contributed by atoms with van der Waals surface area (Å²) >= 11 is 0. The highest BCUT2D eigenvalue weighted by atomic mass is 16.4. The van der Waals surface area contributed by atoms with Crippen LogP contribution in [-0.4, -0.2) is 36.1 Å². The van der Waals surface area contributed by atoms with Crippen molar-refractivity contribution in [2.45, 2.75) is 25.8 Å². The molecule has 1 aromatic carbocycles. The normalized spacial score (nSPS) is 19.1. The van der Waals surface area contributed by atoms with Gasteiger partial charge < -0.3 is 15.3 Å². The quantitative estimate of drug-likeness (QED) is 0.854. The monoisotopic (exact) mass is 262 g/mol. The molecule has 0 saturated carbocycles. The third-order valence-corrected chi connectivity index (χ3v) is 3.39. The van der Waals surface area contributed by atoms with Gasteiger partial charge in [-0.05, 0) is 25.0 Å². The highest BCUT2D eigenvalue weighted by Gasteiger charge is 2.30. The molecule has 1 aliphatic rings. The lowest BCUT2D eigenvalue weighted by Crippen LogP contribution is -2.55. The molecule has 0 aliphatic carbocycles. The number of anilines is 1. The van der Waals surface area contributed by atoms with E-state index >= 15 is 0 Å². The van der Waals surface area contributed by atoms with Crippen LogP contribution in [0.1, 0.15) is 18.4 Å². The second-order valence-electron chi connectivity index (χ2n) is 4.72. The first-order valence-electron chi connectivity index (χ1n) is 6.41. The lowest BCUT2D eigenvalue weighted by Gasteiger charge is -2.37. The number of rotatable bonds is 4. The number of aliphatic carboxylic acids is 1. The van der Waals surface area contributed by atoms with Crippen LogP contribution in [0.15, 0.2) is 24.3 Å². The molecular weight excluding hydrogens is 244 g/mol. The van der Waals surface area contributed by atoms with Crippen molar-refractivity contribution in [3.63, 3.8) is 0 Å². The van der Waals surface area contributed by atoms with Crippen LogP contribution in [0.2, 0.25) is 0 Å². The zero-order valence-corrected chi connectivity index (χ0v) is 10.9. The highest BCUT2D eigenvalue weighted by molar-refractivity contribution is 5.87. The number of nitrogens with one attached hydrogen (secondary N) is 1. The third-order valence-electron chi connectivity index (χ3n) is 3.39. The van der Waals surface area contributed by atoms with Crippen molar-refractivity contribution in [2.24, 2.45) is 0 Å². The van der Waals surface area contributed by atoms with Crippen LogP contribution in [0.25, 0.3) is 0 Å². The maximum Gasteiger partial charge on any atom is 0.303 e. The molecular formula is C14H18N2O3. The van der Waals surface area contributed by atoms with Gasteiger partial charge in [-0.2, -0.15) is 0 Å². The van der Waals surface area contributed by atoms with E-state index in [1.54, 1.807) is 0 Å². The van der Waals surface area contributed by atoms with Crippen LogP contribution in [-0.2, 0) is 9.59 Å². The van der Waals surface area contributed by atoms with Gasteiger partial charge in [-0.3, -0.25) is 9.59 Å². The average Bonchev–Trinajstić information content (AvgIpc) is 2.37. The Bertz CT molecular complexity index is 487. The molecule has 0 spiro atoms. The summed E-state index contributed by atoms with van der Waals surface area (Å²) in [5.74, 6) is -0.959. The Morgan fingerprint density at radius 2 is 2.21 bits per heavy atom. The van der Waals surface area contributed by atoms with E-state index in [1.807, 2.05) is 36.1 Å². The van der Waals surface area contributed by atoms with Crippen LogP contribution < -0.4 is 10.2 Å². The first-order chi connectivity index (χ1) is 9.09. The molecule has 0 bridgehead atoms. The molecule has 1 heterocycles. The Morgan fingerprint density at radius 1 is 1.47 bits per heavy atom. The molecule has 1 unspecified atom stereocenters. The number of hydrogen-bond acceptors (Lipinski definition) is 3. The van der Waals surface area contributed by atoms with Crippen molar-refractivity contribution < 1.29 is 14.7 Å². The number of amides is 1. The van der Waals surface area contributed by atoms with Gasteiger partial charge in [-0.1, -0.05) is 18.2 Å². The standard InChI is InChI=1S/C14H18N2O3/c1-10-4-2-3-5-11(10)16-9-8-15-14(19)12(16)6-7-13(17)18/h2-5,12H,6-9H2,1H3,(H,15,19)(H,17,18). The Morgan fingerprint density at radius 3 is 2.89 bits per heavy atom. The lowest BCUT2D eigenvalue weighted by atomic mass is 10.0. The van der Waals surface area contributed by atoms with Crippen LogP contribution in [0.4, 0.5) is 5.69 Å². The molecule has 2 rings (SSSR count). The predicted octanol–water partition coefficient (Wildman–Crippen LogP) is 1.16. The van der Waals surface area contributed by atoms with Gasteiger partial charge in [-0.25, -0.2) is 0 Å². The number of benzene rings is 1. The van der Waals surface area contributed by atoms with Crippen LogP contribution >= 0.6 is 0 Å². The third kappa shape index (κ3) is 3.05. The zero-order valence-electron chi connectivity index (χ0n) is 10.9. The molecule has 1 atom stereocenters. The fourth-order valence-electron chi connectivity index (χ4n) is 2.44. The van der Waals surface area contributed by atoms with Crippen molar-refractivity contribution in [3.8, 4) is 0 Å². The highest BCUT2D eigenvalue weighted by Crippen LogP contribution is 2.24. The van der Waals surface area contributed by atoms with Gasteiger partial charge in [0.2, 0.25) is 5.91 Å². The molecule has 5 heteroatoms. The van der Waals surface area contributed by atoms with Gasteiger partial charge in [0.1, 0.15) is 6.04 Å². The summed E-state index contributed by atoms with van der Waals surface area (Å²) in [6, 6.07) is 7.46. The summed E-state index contributed by atoms with van der Waals surface area (Å²) in [5.41, 5.74) is 2.10. The average molecular weight is 262 g/mol. The largest absolute Gasteiger partial charge is 0.481 e. The van der Waals surface area contributed by atoms with Gasteiger partial charge in [0, 0.05) is 25.2 Å². The number of nitrogens with zero attached hydrogens (tertiary/aromatic N) is 1. The summed E-state index contributed by atoms with van der Waals surface area (Å²) in [6.07, 6.45) is 0.329. The summed E-state index contributed by atoms with van der Waals surface area (Å²) in [7, 11) is 0. The molecule has 2 N–H and O–H groups in total. The molecule has 1 aliphatic heterocycles. The van der Waals surface area contributed by atoms with Gasteiger partial charge >= 0.3 is 5.97 Å². The first kappa shape index (κ1) is 13.4. The van der Waals surface area contributed by atoms with E-state index in [2.05, 4.69) is 5.32 Å². The van der Waals surface area contributed by atoms with E-state index < -0.39 is 12.0 Å². The minimum absolute atomic E-state index is 0.000464. The van der Waals surface area contributed by atoms with E-state index in [9.17, 15) is 9.59 Å². The fourth-order valence-corrected chi connectivity index (χ4v) is 2.44. The van der Waals surface area contributed by atoms with Crippen LogP contribution in [0.3, 0.4) is 0 Å². The summed E-state index contributed by atoms with van der Waals surface area (Å²) in [6.45, 7) is 3.30. The van der Waals surface area contributed by atoms with Crippen molar-refractivity contribution in [1.82, 2.24) is 5.32 Å². The molecule has 1 fully saturated rings. The van der Waals surface area contributed by atoms with Gasteiger partial charge in [0.05, 0.1) is 0 Å². The minimum Gasteiger partial charge on any atom is -0.481 e. The van der Waals surface area contributed by atoms with E-state index in [4.69, 9.17) is 5.11 Å².